The molecule has 4 nitrogen and oxygen atoms in total. The molecule has 0 aliphatic heterocycles. The van der Waals surface area contributed by atoms with E-state index >= 15 is 0 Å². The Morgan fingerprint density at radius 1 is 0.923 bits per heavy atom. The summed E-state index contributed by atoms with van der Waals surface area (Å²) in [6.45, 7) is 6.00. The number of carboxylic acids is 2. The molecule has 0 atom stereocenters. The standard InChI is InChI=1S/C8H14O4.Ca.2H/c1-7(2,3)8(4,5(9)10)6(11)12;;;/h1-4H3,(H,9,10)(H,11,12);;;. The van der Waals surface area contributed by atoms with E-state index in [9.17, 15) is 9.59 Å². The first-order valence-corrected chi connectivity index (χ1v) is 3.61. The first kappa shape index (κ1) is 15.7. The van der Waals surface area contributed by atoms with Gasteiger partial charge in [-0.15, -0.1) is 0 Å². The van der Waals surface area contributed by atoms with Crippen LogP contribution in [0, 0.1) is 10.8 Å². The second-order valence-electron chi connectivity index (χ2n) is 3.99. The van der Waals surface area contributed by atoms with Crippen molar-refractivity contribution in [2.24, 2.45) is 10.8 Å². The van der Waals surface area contributed by atoms with Crippen molar-refractivity contribution in [3.8, 4) is 0 Å². The van der Waals surface area contributed by atoms with Crippen LogP contribution in [0.15, 0.2) is 0 Å². The molecule has 0 bridgehead atoms. The van der Waals surface area contributed by atoms with Crippen molar-refractivity contribution in [1.29, 1.82) is 0 Å². The molecule has 0 aromatic carbocycles. The van der Waals surface area contributed by atoms with Crippen molar-refractivity contribution >= 4 is 49.7 Å². The third-order valence-electron chi connectivity index (χ3n) is 2.36. The van der Waals surface area contributed by atoms with E-state index in [4.69, 9.17) is 10.2 Å². The van der Waals surface area contributed by atoms with Gasteiger partial charge in [-0.05, 0) is 12.3 Å². The van der Waals surface area contributed by atoms with Gasteiger partial charge in [0, 0.05) is 0 Å². The molecule has 0 unspecified atom stereocenters. The second kappa shape index (κ2) is 4.62. The van der Waals surface area contributed by atoms with Gasteiger partial charge in [0.2, 0.25) is 0 Å². The topological polar surface area (TPSA) is 74.6 Å². The number of rotatable bonds is 2. The van der Waals surface area contributed by atoms with Gasteiger partial charge < -0.3 is 10.2 Å². The summed E-state index contributed by atoms with van der Waals surface area (Å²) in [5.74, 6) is -2.61. The van der Waals surface area contributed by atoms with Crippen LogP contribution in [0.1, 0.15) is 27.7 Å². The molecule has 74 valence electrons. The van der Waals surface area contributed by atoms with Gasteiger partial charge in [-0.1, -0.05) is 20.8 Å². The molecule has 0 fully saturated rings. The monoisotopic (exact) mass is 216 g/mol. The summed E-state index contributed by atoms with van der Waals surface area (Å²) in [6, 6.07) is 0. The molecule has 0 amide bonds. The predicted molar refractivity (Wildman–Crippen MR) is 51.4 cm³/mol. The van der Waals surface area contributed by atoms with Crippen molar-refractivity contribution in [1.82, 2.24) is 0 Å². The Kier molecular flexibility index (Phi) is 5.57. The molecule has 0 aromatic heterocycles. The van der Waals surface area contributed by atoms with Gasteiger partial charge in [0.15, 0.2) is 5.41 Å². The zero-order valence-corrected chi connectivity index (χ0v) is 7.71. The Morgan fingerprint density at radius 3 is 1.15 bits per heavy atom. The number of carbonyl (C=O) groups is 2. The first-order valence-electron chi connectivity index (χ1n) is 3.61. The number of hydrogen-bond donors (Lipinski definition) is 2. The molecule has 0 aliphatic carbocycles. The Morgan fingerprint density at radius 2 is 1.15 bits per heavy atom. The van der Waals surface area contributed by atoms with E-state index in [-0.39, 0.29) is 37.7 Å². The molecular weight excluding hydrogens is 200 g/mol. The molecule has 0 rings (SSSR count). The van der Waals surface area contributed by atoms with Crippen molar-refractivity contribution in [3.63, 3.8) is 0 Å². The molecule has 0 saturated carbocycles. The quantitative estimate of drug-likeness (QED) is 0.514. The molecule has 2 N–H and O–H groups in total. The van der Waals surface area contributed by atoms with Crippen LogP contribution in [0.25, 0.3) is 0 Å². The summed E-state index contributed by atoms with van der Waals surface area (Å²) in [5, 5.41) is 17.5. The van der Waals surface area contributed by atoms with Crippen LogP contribution in [0.3, 0.4) is 0 Å². The van der Waals surface area contributed by atoms with E-state index in [1.165, 1.54) is 6.92 Å². The van der Waals surface area contributed by atoms with Crippen molar-refractivity contribution in [3.05, 3.63) is 0 Å². The third kappa shape index (κ3) is 2.82. The molecule has 0 saturated heterocycles. The summed E-state index contributed by atoms with van der Waals surface area (Å²) >= 11 is 0. The van der Waals surface area contributed by atoms with Crippen LogP contribution in [0.5, 0.6) is 0 Å². The van der Waals surface area contributed by atoms with Gasteiger partial charge in [0.1, 0.15) is 0 Å². The molecule has 0 radical (unpaired) electrons. The van der Waals surface area contributed by atoms with E-state index in [2.05, 4.69) is 0 Å². The van der Waals surface area contributed by atoms with Crippen LogP contribution in [-0.2, 0) is 9.59 Å². The molecular formula is C8H16CaO4. The fourth-order valence-electron chi connectivity index (χ4n) is 0.733. The SMILES string of the molecule is CC(C)(C)C(C)(C(=O)O)C(=O)O.[CaH2]. The maximum absolute atomic E-state index is 10.7. The van der Waals surface area contributed by atoms with Gasteiger partial charge in [-0.25, -0.2) is 0 Å². The van der Waals surface area contributed by atoms with Gasteiger partial charge in [-0.3, -0.25) is 9.59 Å². The molecule has 0 aliphatic rings. The van der Waals surface area contributed by atoms with Crippen LogP contribution in [0.2, 0.25) is 0 Å². The van der Waals surface area contributed by atoms with E-state index in [1.54, 1.807) is 20.8 Å². The van der Waals surface area contributed by atoms with Gasteiger partial charge in [0.25, 0.3) is 0 Å². The van der Waals surface area contributed by atoms with Crippen LogP contribution in [-0.4, -0.2) is 59.9 Å². The Hall–Kier alpha value is 0.200. The molecule has 0 heterocycles. The summed E-state index contributed by atoms with van der Waals surface area (Å²) in [7, 11) is 0. The zero-order chi connectivity index (χ0) is 10.2. The van der Waals surface area contributed by atoms with E-state index in [1.807, 2.05) is 0 Å². The molecule has 0 aromatic rings. The minimum absolute atomic E-state index is 0. The summed E-state index contributed by atoms with van der Waals surface area (Å²) in [4.78, 5) is 21.5. The van der Waals surface area contributed by atoms with E-state index < -0.39 is 22.8 Å². The van der Waals surface area contributed by atoms with E-state index in [0.717, 1.165) is 0 Å². The molecule has 13 heavy (non-hydrogen) atoms. The van der Waals surface area contributed by atoms with Gasteiger partial charge in [0.05, 0.1) is 0 Å². The van der Waals surface area contributed by atoms with Crippen molar-refractivity contribution < 1.29 is 19.8 Å². The van der Waals surface area contributed by atoms with Gasteiger partial charge in [-0.2, -0.15) is 0 Å². The predicted octanol–water partition coefficient (Wildman–Crippen LogP) is 0.292. The minimum atomic E-state index is -1.73. The van der Waals surface area contributed by atoms with E-state index in [0.29, 0.717) is 0 Å². The maximum atomic E-state index is 10.7. The van der Waals surface area contributed by atoms with Crippen molar-refractivity contribution in [2.75, 3.05) is 0 Å². The van der Waals surface area contributed by atoms with Crippen LogP contribution >= 0.6 is 0 Å². The summed E-state index contributed by atoms with van der Waals surface area (Å²) in [6.07, 6.45) is 0. The van der Waals surface area contributed by atoms with Crippen LogP contribution in [0.4, 0.5) is 0 Å². The second-order valence-corrected chi connectivity index (χ2v) is 3.99. The fraction of sp³-hybridized carbons (Fsp3) is 0.750. The Balaban J connectivity index is 0. The average Bonchev–Trinajstić information content (AvgIpc) is 1.82. The zero-order valence-electron chi connectivity index (χ0n) is 7.71. The fourth-order valence-corrected chi connectivity index (χ4v) is 0.733. The average molecular weight is 216 g/mol. The number of carboxylic acid groups (broad SMARTS) is 2. The van der Waals surface area contributed by atoms with Crippen LogP contribution < -0.4 is 0 Å². The summed E-state index contributed by atoms with van der Waals surface area (Å²) < 4.78 is 0. The normalized spacial score (nSPS) is 11.7. The molecule has 0 spiro atoms. The number of hydrogen-bond acceptors (Lipinski definition) is 2. The van der Waals surface area contributed by atoms with Crippen molar-refractivity contribution in [2.45, 2.75) is 27.7 Å². The Bertz CT molecular complexity index is 203. The van der Waals surface area contributed by atoms with Gasteiger partial charge >= 0.3 is 49.7 Å². The third-order valence-corrected chi connectivity index (χ3v) is 2.36. The molecule has 5 heteroatoms. The Labute approximate surface area is 107 Å². The first-order chi connectivity index (χ1) is 5.14. The number of aliphatic carboxylic acids is 2. The summed E-state index contributed by atoms with van der Waals surface area (Å²) in [5.41, 5.74) is -2.53.